The average Bonchev–Trinajstić information content (AvgIpc) is 2.74. The zero-order valence-electron chi connectivity index (χ0n) is 12.2. The molecule has 0 spiro atoms. The van der Waals surface area contributed by atoms with Crippen molar-refractivity contribution in [2.24, 2.45) is 7.05 Å². The highest BCUT2D eigenvalue weighted by molar-refractivity contribution is 6.08. The normalized spacial score (nSPS) is 11.3. The lowest BCUT2D eigenvalue weighted by atomic mass is 10.1. The third kappa shape index (κ3) is 2.01. The number of hydrogen-bond acceptors (Lipinski definition) is 3. The minimum atomic E-state index is 0.704. The first-order valence-corrected chi connectivity index (χ1v) is 7.07. The zero-order chi connectivity index (χ0) is 14.1. The Bertz CT molecular complexity index is 761. The molecule has 4 nitrogen and oxygen atoms in total. The van der Waals surface area contributed by atoms with Crippen LogP contribution in [0, 0.1) is 6.92 Å². The van der Waals surface area contributed by atoms with Crippen LogP contribution in [0.2, 0.25) is 0 Å². The lowest BCUT2D eigenvalue weighted by Crippen LogP contribution is -2.01. The molecule has 20 heavy (non-hydrogen) atoms. The quantitative estimate of drug-likeness (QED) is 0.679. The molecule has 0 aliphatic heterocycles. The molecule has 0 bridgehead atoms. The maximum atomic E-state index is 5.88. The van der Waals surface area contributed by atoms with E-state index < -0.39 is 0 Å². The van der Waals surface area contributed by atoms with Crippen molar-refractivity contribution >= 4 is 21.8 Å². The predicted molar refractivity (Wildman–Crippen MR) is 81.2 cm³/mol. The molecule has 0 aliphatic carbocycles. The van der Waals surface area contributed by atoms with E-state index in [0.717, 1.165) is 40.3 Å². The molecule has 0 saturated heterocycles. The Balaban J connectivity index is 2.24. The summed E-state index contributed by atoms with van der Waals surface area (Å²) in [6, 6.07) is 8.24. The summed E-state index contributed by atoms with van der Waals surface area (Å²) in [5.74, 6) is 0.713. The van der Waals surface area contributed by atoms with E-state index in [9.17, 15) is 0 Å². The van der Waals surface area contributed by atoms with Gasteiger partial charge >= 0.3 is 0 Å². The van der Waals surface area contributed by atoms with E-state index in [2.05, 4.69) is 29.1 Å². The topological polar surface area (TPSA) is 39.9 Å². The number of benzene rings is 1. The van der Waals surface area contributed by atoms with Gasteiger partial charge in [-0.3, -0.25) is 4.68 Å². The van der Waals surface area contributed by atoms with Crippen molar-refractivity contribution in [2.45, 2.75) is 26.7 Å². The molecule has 0 fully saturated rings. The maximum absolute atomic E-state index is 5.88. The summed E-state index contributed by atoms with van der Waals surface area (Å²) in [4.78, 5) is 4.67. The SMILES string of the molecule is CCCCOc1nc2c(c(C)nn2C)c2ccccc12. The molecule has 2 aromatic heterocycles. The van der Waals surface area contributed by atoms with E-state index in [1.54, 1.807) is 0 Å². The number of rotatable bonds is 4. The van der Waals surface area contributed by atoms with Crippen LogP contribution in [0.5, 0.6) is 5.88 Å². The van der Waals surface area contributed by atoms with E-state index in [1.165, 1.54) is 0 Å². The van der Waals surface area contributed by atoms with Crippen LogP contribution in [0.1, 0.15) is 25.5 Å². The Morgan fingerprint density at radius 3 is 2.70 bits per heavy atom. The molecular weight excluding hydrogens is 250 g/mol. The number of nitrogens with zero attached hydrogens (tertiary/aromatic N) is 3. The molecule has 3 aromatic rings. The summed E-state index contributed by atoms with van der Waals surface area (Å²) in [7, 11) is 1.92. The Morgan fingerprint density at radius 1 is 1.20 bits per heavy atom. The first-order valence-electron chi connectivity index (χ1n) is 7.07. The molecule has 2 heterocycles. The van der Waals surface area contributed by atoms with Crippen molar-refractivity contribution < 1.29 is 4.74 Å². The third-order valence-corrected chi connectivity index (χ3v) is 3.56. The number of aryl methyl sites for hydroxylation is 2. The van der Waals surface area contributed by atoms with Crippen molar-refractivity contribution in [1.82, 2.24) is 14.8 Å². The summed E-state index contributed by atoms with van der Waals surface area (Å²) in [5, 5.41) is 7.82. The fourth-order valence-electron chi connectivity index (χ4n) is 2.56. The van der Waals surface area contributed by atoms with Gasteiger partial charge < -0.3 is 4.74 Å². The average molecular weight is 269 g/mol. The van der Waals surface area contributed by atoms with Crippen LogP contribution >= 0.6 is 0 Å². The van der Waals surface area contributed by atoms with Crippen molar-refractivity contribution in [3.8, 4) is 5.88 Å². The van der Waals surface area contributed by atoms with Crippen LogP contribution < -0.4 is 4.74 Å². The van der Waals surface area contributed by atoms with Gasteiger partial charge in [-0.25, -0.2) is 0 Å². The Kier molecular flexibility index (Phi) is 3.30. The van der Waals surface area contributed by atoms with Gasteiger partial charge in [0.2, 0.25) is 5.88 Å². The number of unbranched alkanes of at least 4 members (excludes halogenated alkanes) is 1. The fourth-order valence-corrected chi connectivity index (χ4v) is 2.56. The molecule has 0 aliphatic rings. The molecule has 1 aromatic carbocycles. The second-order valence-electron chi connectivity index (χ2n) is 5.07. The smallest absolute Gasteiger partial charge is 0.223 e. The number of hydrogen-bond donors (Lipinski definition) is 0. The monoisotopic (exact) mass is 269 g/mol. The van der Waals surface area contributed by atoms with Crippen LogP contribution in [0.25, 0.3) is 21.8 Å². The zero-order valence-corrected chi connectivity index (χ0v) is 12.2. The van der Waals surface area contributed by atoms with Crippen LogP contribution in [0.15, 0.2) is 24.3 Å². The Morgan fingerprint density at radius 2 is 1.95 bits per heavy atom. The number of ether oxygens (including phenoxy) is 1. The van der Waals surface area contributed by atoms with Gasteiger partial charge in [0, 0.05) is 12.4 Å². The standard InChI is InChI=1S/C16H19N3O/c1-4-5-10-20-16-13-9-7-6-8-12(13)14-11(2)18-19(3)15(14)17-16/h6-9H,4-5,10H2,1-3H3. The molecule has 0 unspecified atom stereocenters. The van der Waals surface area contributed by atoms with E-state index in [0.29, 0.717) is 12.5 Å². The van der Waals surface area contributed by atoms with Gasteiger partial charge in [0.15, 0.2) is 5.65 Å². The highest BCUT2D eigenvalue weighted by Gasteiger charge is 2.14. The van der Waals surface area contributed by atoms with Crippen molar-refractivity contribution in [3.63, 3.8) is 0 Å². The van der Waals surface area contributed by atoms with Gasteiger partial charge in [-0.2, -0.15) is 10.1 Å². The van der Waals surface area contributed by atoms with Crippen molar-refractivity contribution in [2.75, 3.05) is 6.61 Å². The van der Waals surface area contributed by atoms with E-state index in [1.807, 2.05) is 30.8 Å². The predicted octanol–water partition coefficient (Wildman–Crippen LogP) is 3.61. The minimum Gasteiger partial charge on any atom is -0.477 e. The molecule has 0 saturated carbocycles. The molecule has 0 amide bonds. The molecule has 0 radical (unpaired) electrons. The van der Waals surface area contributed by atoms with Gasteiger partial charge in [-0.05, 0) is 24.8 Å². The highest BCUT2D eigenvalue weighted by atomic mass is 16.5. The summed E-state index contributed by atoms with van der Waals surface area (Å²) in [6.45, 7) is 4.88. The Labute approximate surface area is 118 Å². The molecular formula is C16H19N3O. The van der Waals surface area contributed by atoms with Crippen LogP contribution in [-0.4, -0.2) is 21.4 Å². The van der Waals surface area contributed by atoms with Crippen LogP contribution in [0.3, 0.4) is 0 Å². The molecule has 4 heteroatoms. The van der Waals surface area contributed by atoms with Crippen LogP contribution in [0.4, 0.5) is 0 Å². The maximum Gasteiger partial charge on any atom is 0.223 e. The number of pyridine rings is 1. The minimum absolute atomic E-state index is 0.704. The fraction of sp³-hybridized carbons (Fsp3) is 0.375. The first kappa shape index (κ1) is 12.9. The summed E-state index contributed by atoms with van der Waals surface area (Å²) < 4.78 is 7.70. The lowest BCUT2D eigenvalue weighted by Gasteiger charge is -2.09. The van der Waals surface area contributed by atoms with Crippen molar-refractivity contribution in [3.05, 3.63) is 30.0 Å². The van der Waals surface area contributed by atoms with Gasteiger partial charge in [-0.15, -0.1) is 0 Å². The second-order valence-corrected chi connectivity index (χ2v) is 5.07. The molecule has 104 valence electrons. The van der Waals surface area contributed by atoms with Crippen molar-refractivity contribution in [1.29, 1.82) is 0 Å². The second kappa shape index (κ2) is 5.12. The first-order chi connectivity index (χ1) is 9.72. The van der Waals surface area contributed by atoms with E-state index in [4.69, 9.17) is 4.74 Å². The molecule has 3 rings (SSSR count). The Hall–Kier alpha value is -2.10. The lowest BCUT2D eigenvalue weighted by molar-refractivity contribution is 0.302. The molecule has 0 atom stereocenters. The van der Waals surface area contributed by atoms with Gasteiger partial charge in [0.05, 0.1) is 17.7 Å². The largest absolute Gasteiger partial charge is 0.477 e. The van der Waals surface area contributed by atoms with Gasteiger partial charge in [0.25, 0.3) is 0 Å². The number of aromatic nitrogens is 3. The highest BCUT2D eigenvalue weighted by Crippen LogP contribution is 2.32. The summed E-state index contributed by atoms with van der Waals surface area (Å²) >= 11 is 0. The van der Waals surface area contributed by atoms with Gasteiger partial charge in [-0.1, -0.05) is 31.5 Å². The summed E-state index contributed by atoms with van der Waals surface area (Å²) in [6.07, 6.45) is 2.16. The van der Waals surface area contributed by atoms with E-state index in [-0.39, 0.29) is 0 Å². The number of fused-ring (bicyclic) bond motifs is 3. The van der Waals surface area contributed by atoms with E-state index >= 15 is 0 Å². The van der Waals surface area contributed by atoms with Crippen LogP contribution in [-0.2, 0) is 7.05 Å². The summed E-state index contributed by atoms with van der Waals surface area (Å²) in [5.41, 5.74) is 1.89. The van der Waals surface area contributed by atoms with Gasteiger partial charge in [0.1, 0.15) is 0 Å². The third-order valence-electron chi connectivity index (χ3n) is 3.56. The molecule has 0 N–H and O–H groups in total.